The Morgan fingerprint density at radius 2 is 1.89 bits per heavy atom. The van der Waals surface area contributed by atoms with Gasteiger partial charge in [0.1, 0.15) is 11.2 Å². The van der Waals surface area contributed by atoms with E-state index < -0.39 is 0 Å². The SMILES string of the molecule is CCC(C)=O.N.N#CS. The topological polar surface area (TPSA) is 75.9 Å². The van der Waals surface area contributed by atoms with Crippen molar-refractivity contribution in [2.45, 2.75) is 20.3 Å². The van der Waals surface area contributed by atoms with Crippen molar-refractivity contribution in [2.75, 3.05) is 0 Å². The van der Waals surface area contributed by atoms with E-state index in [-0.39, 0.29) is 11.9 Å². The molecule has 0 spiro atoms. The number of carbonyl (C=O) groups excluding carboxylic acids is 1. The molecular formula is C5H12N2OS. The van der Waals surface area contributed by atoms with Gasteiger partial charge in [0.05, 0.1) is 0 Å². The van der Waals surface area contributed by atoms with Gasteiger partial charge < -0.3 is 10.9 Å². The number of hydrogen-bond donors (Lipinski definition) is 2. The molecule has 0 aliphatic heterocycles. The number of Topliss-reactive ketones (excluding diaryl/α,β-unsaturated/α-hetero) is 1. The molecule has 0 aromatic heterocycles. The summed E-state index contributed by atoms with van der Waals surface area (Å²) in [4.78, 5) is 9.81. The fourth-order valence-corrected chi connectivity index (χ4v) is 0. The molecule has 0 fully saturated rings. The van der Waals surface area contributed by atoms with Gasteiger partial charge in [-0.05, 0) is 6.92 Å². The van der Waals surface area contributed by atoms with E-state index in [0.29, 0.717) is 6.42 Å². The second kappa shape index (κ2) is 15.6. The number of ketones is 1. The molecule has 0 radical (unpaired) electrons. The molecule has 0 aliphatic carbocycles. The lowest BCUT2D eigenvalue weighted by molar-refractivity contribution is -0.116. The molecule has 0 bridgehead atoms. The minimum Gasteiger partial charge on any atom is -0.344 e. The molecule has 9 heavy (non-hydrogen) atoms. The highest BCUT2D eigenvalue weighted by atomic mass is 32.1. The summed E-state index contributed by atoms with van der Waals surface area (Å²) in [5.74, 6) is 0.255. The molecule has 0 aromatic carbocycles. The molecule has 0 saturated carbocycles. The van der Waals surface area contributed by atoms with Crippen molar-refractivity contribution in [3.8, 4) is 5.40 Å². The van der Waals surface area contributed by atoms with Gasteiger partial charge in [0.15, 0.2) is 0 Å². The number of thiol groups is 1. The van der Waals surface area contributed by atoms with Gasteiger partial charge in [-0.1, -0.05) is 19.6 Å². The van der Waals surface area contributed by atoms with Crippen molar-refractivity contribution >= 4 is 18.4 Å². The lowest BCUT2D eigenvalue weighted by Gasteiger charge is -1.71. The standard InChI is InChI=1S/C4H8O.CHNS.H3N/c1-3-4(2)5;2-1-3;/h3H2,1-2H3;3H;1H3. The van der Waals surface area contributed by atoms with Gasteiger partial charge in [0.2, 0.25) is 0 Å². The highest BCUT2D eigenvalue weighted by Gasteiger charge is 1.76. The Morgan fingerprint density at radius 1 is 1.78 bits per heavy atom. The smallest absolute Gasteiger partial charge is 0.130 e. The maximum Gasteiger partial charge on any atom is 0.130 e. The molecule has 54 valence electrons. The molecule has 0 rings (SSSR count). The molecule has 3 N–H and O–H groups in total. The van der Waals surface area contributed by atoms with Crippen LogP contribution in [0.5, 0.6) is 0 Å². The zero-order chi connectivity index (χ0) is 6.99. The summed E-state index contributed by atoms with van der Waals surface area (Å²) < 4.78 is 0. The molecule has 0 heterocycles. The molecule has 0 amide bonds. The predicted molar refractivity (Wildman–Crippen MR) is 40.6 cm³/mol. The van der Waals surface area contributed by atoms with Crippen LogP contribution in [0, 0.1) is 10.7 Å². The molecule has 0 atom stereocenters. The van der Waals surface area contributed by atoms with Gasteiger partial charge >= 0.3 is 0 Å². The average Bonchev–Trinajstić information content (AvgIpc) is 1.69. The van der Waals surface area contributed by atoms with Crippen molar-refractivity contribution in [1.29, 1.82) is 5.26 Å². The molecule has 0 aliphatic rings. The molecule has 0 aromatic rings. The number of carbonyl (C=O) groups is 1. The Kier molecular flexibility index (Phi) is 27.5. The lowest BCUT2D eigenvalue weighted by atomic mass is 10.4. The Bertz CT molecular complexity index is 97.6. The second-order valence-electron chi connectivity index (χ2n) is 1.16. The second-order valence-corrected chi connectivity index (χ2v) is 1.36. The minimum atomic E-state index is 0. The fraction of sp³-hybridized carbons (Fsp3) is 0.600. The fourth-order valence-electron chi connectivity index (χ4n) is 0. The summed E-state index contributed by atoms with van der Waals surface area (Å²) in [5.41, 5.74) is 0. The first-order chi connectivity index (χ1) is 3.68. The molecular weight excluding hydrogens is 136 g/mol. The number of nitriles is 1. The van der Waals surface area contributed by atoms with E-state index in [2.05, 4.69) is 12.6 Å². The maximum absolute atomic E-state index is 9.81. The summed E-state index contributed by atoms with van der Waals surface area (Å²) in [5, 5.41) is 8.63. The average molecular weight is 148 g/mol. The molecule has 4 heteroatoms. The van der Waals surface area contributed by atoms with Crippen LogP contribution in [0.25, 0.3) is 0 Å². The van der Waals surface area contributed by atoms with Gasteiger partial charge in [0, 0.05) is 6.42 Å². The van der Waals surface area contributed by atoms with E-state index in [9.17, 15) is 4.79 Å². The van der Waals surface area contributed by atoms with Gasteiger partial charge in [-0.3, -0.25) is 0 Å². The van der Waals surface area contributed by atoms with E-state index >= 15 is 0 Å². The van der Waals surface area contributed by atoms with E-state index in [1.165, 1.54) is 5.40 Å². The third-order valence-corrected chi connectivity index (χ3v) is 0.498. The summed E-state index contributed by atoms with van der Waals surface area (Å²) in [6, 6.07) is 0. The van der Waals surface area contributed by atoms with Crippen LogP contribution in [0.15, 0.2) is 0 Å². The van der Waals surface area contributed by atoms with Crippen molar-refractivity contribution in [1.82, 2.24) is 6.15 Å². The number of thiocyanates is 1. The minimum absolute atomic E-state index is 0. The van der Waals surface area contributed by atoms with E-state index in [4.69, 9.17) is 5.26 Å². The predicted octanol–water partition coefficient (Wildman–Crippen LogP) is 1.54. The molecule has 0 unspecified atom stereocenters. The first-order valence-electron chi connectivity index (χ1n) is 2.21. The van der Waals surface area contributed by atoms with Crippen LogP contribution in [0.4, 0.5) is 0 Å². The Balaban J connectivity index is -0.0000000800. The summed E-state index contributed by atoms with van der Waals surface area (Å²) in [7, 11) is 0. The molecule has 0 saturated heterocycles. The van der Waals surface area contributed by atoms with Crippen LogP contribution in [0.2, 0.25) is 0 Å². The van der Waals surface area contributed by atoms with Crippen molar-refractivity contribution in [2.24, 2.45) is 0 Å². The van der Waals surface area contributed by atoms with Crippen molar-refractivity contribution < 1.29 is 4.79 Å². The highest BCUT2D eigenvalue weighted by molar-refractivity contribution is 7.85. The van der Waals surface area contributed by atoms with Gasteiger partial charge in [0.25, 0.3) is 0 Å². The monoisotopic (exact) mass is 148 g/mol. The van der Waals surface area contributed by atoms with Crippen LogP contribution in [0.1, 0.15) is 20.3 Å². The van der Waals surface area contributed by atoms with Gasteiger partial charge in [-0.15, -0.1) is 0 Å². The van der Waals surface area contributed by atoms with Crippen LogP contribution in [-0.4, -0.2) is 5.78 Å². The first-order valence-corrected chi connectivity index (χ1v) is 2.66. The van der Waals surface area contributed by atoms with Crippen LogP contribution < -0.4 is 6.15 Å². The normalized spacial score (nSPS) is 5.11. The number of hydrogen-bond acceptors (Lipinski definition) is 4. The summed E-state index contributed by atoms with van der Waals surface area (Å²) in [6.07, 6.45) is 0.667. The summed E-state index contributed by atoms with van der Waals surface area (Å²) >= 11 is 3.09. The van der Waals surface area contributed by atoms with Crippen LogP contribution in [-0.2, 0) is 4.79 Å². The number of rotatable bonds is 1. The largest absolute Gasteiger partial charge is 0.344 e. The quantitative estimate of drug-likeness (QED) is 0.437. The third kappa shape index (κ3) is 103. The van der Waals surface area contributed by atoms with E-state index in [0.717, 1.165) is 0 Å². The Morgan fingerprint density at radius 3 is 1.89 bits per heavy atom. The first kappa shape index (κ1) is 15.8. The van der Waals surface area contributed by atoms with E-state index in [1.807, 2.05) is 6.92 Å². The van der Waals surface area contributed by atoms with E-state index in [1.54, 1.807) is 6.92 Å². The highest BCUT2D eigenvalue weighted by Crippen LogP contribution is 1.71. The van der Waals surface area contributed by atoms with Crippen molar-refractivity contribution in [3.63, 3.8) is 0 Å². The van der Waals surface area contributed by atoms with Crippen LogP contribution in [0.3, 0.4) is 0 Å². The zero-order valence-electron chi connectivity index (χ0n) is 5.72. The maximum atomic E-state index is 9.81. The van der Waals surface area contributed by atoms with Crippen LogP contribution >= 0.6 is 12.6 Å². The van der Waals surface area contributed by atoms with Crippen molar-refractivity contribution in [3.05, 3.63) is 0 Å². The Labute approximate surface area is 61.0 Å². The summed E-state index contributed by atoms with van der Waals surface area (Å²) in [6.45, 7) is 3.43. The zero-order valence-corrected chi connectivity index (χ0v) is 6.61. The molecule has 3 nitrogen and oxygen atoms in total. The van der Waals surface area contributed by atoms with Gasteiger partial charge in [-0.2, -0.15) is 5.26 Å². The Hall–Kier alpha value is -0.530. The van der Waals surface area contributed by atoms with Gasteiger partial charge in [-0.25, -0.2) is 0 Å². The number of nitrogens with zero attached hydrogens (tertiary/aromatic N) is 1. The third-order valence-electron chi connectivity index (χ3n) is 0.498. The lowest BCUT2D eigenvalue weighted by Crippen LogP contribution is -1.80.